The average Bonchev–Trinajstić information content (AvgIpc) is 2.15. The van der Waals surface area contributed by atoms with Crippen molar-refractivity contribution in [3.63, 3.8) is 0 Å². The van der Waals surface area contributed by atoms with E-state index in [1.165, 1.54) is 5.56 Å². The summed E-state index contributed by atoms with van der Waals surface area (Å²) >= 11 is 0. The minimum absolute atomic E-state index is 0.0394. The van der Waals surface area contributed by atoms with Crippen LogP contribution in [0.25, 0.3) is 0 Å². The fourth-order valence-corrected chi connectivity index (χ4v) is 1.26. The lowest BCUT2D eigenvalue weighted by Crippen LogP contribution is -2.10. The van der Waals surface area contributed by atoms with Crippen LogP contribution in [0.1, 0.15) is 12.5 Å². The third-order valence-corrected chi connectivity index (χ3v) is 2.11. The van der Waals surface area contributed by atoms with Crippen molar-refractivity contribution >= 4 is 5.78 Å². The SMILES string of the molecule is C=C[C@@H](Cc1ccccc1)C(C)=O. The van der Waals surface area contributed by atoms with E-state index in [-0.39, 0.29) is 11.7 Å². The van der Waals surface area contributed by atoms with E-state index in [9.17, 15) is 4.79 Å². The first-order valence-corrected chi connectivity index (χ1v) is 4.41. The molecule has 0 radical (unpaired) electrons. The zero-order valence-corrected chi connectivity index (χ0v) is 7.86. The van der Waals surface area contributed by atoms with Crippen molar-refractivity contribution in [3.8, 4) is 0 Å². The standard InChI is InChI=1S/C12H14O/c1-3-12(10(2)13)9-11-7-5-4-6-8-11/h3-8,12H,1,9H2,2H3/t12-/m0/s1. The van der Waals surface area contributed by atoms with Gasteiger partial charge in [0, 0.05) is 5.92 Å². The molecule has 0 saturated carbocycles. The summed E-state index contributed by atoms with van der Waals surface area (Å²) in [7, 11) is 0. The highest BCUT2D eigenvalue weighted by atomic mass is 16.1. The highest BCUT2D eigenvalue weighted by Crippen LogP contribution is 2.10. The molecule has 0 amide bonds. The highest BCUT2D eigenvalue weighted by Gasteiger charge is 2.09. The summed E-state index contributed by atoms with van der Waals surface area (Å²) < 4.78 is 0. The van der Waals surface area contributed by atoms with Crippen LogP contribution in [-0.4, -0.2) is 5.78 Å². The Hall–Kier alpha value is -1.37. The number of carbonyl (C=O) groups excluding carboxylic acids is 1. The molecule has 1 aromatic rings. The van der Waals surface area contributed by atoms with E-state index in [2.05, 4.69) is 6.58 Å². The number of benzene rings is 1. The highest BCUT2D eigenvalue weighted by molar-refractivity contribution is 5.80. The molecule has 1 aromatic carbocycles. The minimum atomic E-state index is -0.0394. The Balaban J connectivity index is 2.67. The molecule has 1 heteroatoms. The summed E-state index contributed by atoms with van der Waals surface area (Å²) in [5.74, 6) is 0.140. The number of carbonyl (C=O) groups is 1. The van der Waals surface area contributed by atoms with Crippen LogP contribution in [0.15, 0.2) is 43.0 Å². The topological polar surface area (TPSA) is 17.1 Å². The zero-order valence-electron chi connectivity index (χ0n) is 7.86. The average molecular weight is 174 g/mol. The largest absolute Gasteiger partial charge is 0.299 e. The van der Waals surface area contributed by atoms with Gasteiger partial charge in [-0.15, -0.1) is 6.58 Å². The quantitative estimate of drug-likeness (QED) is 0.641. The van der Waals surface area contributed by atoms with Crippen LogP contribution in [0.3, 0.4) is 0 Å². The van der Waals surface area contributed by atoms with Crippen molar-refractivity contribution in [1.82, 2.24) is 0 Å². The third kappa shape index (κ3) is 2.86. The minimum Gasteiger partial charge on any atom is -0.299 e. The van der Waals surface area contributed by atoms with Gasteiger partial charge in [0.1, 0.15) is 5.78 Å². The second kappa shape index (κ2) is 4.61. The number of rotatable bonds is 4. The molecule has 0 saturated heterocycles. The molecular formula is C12H14O. The molecule has 0 bridgehead atoms. The fraction of sp³-hybridized carbons (Fsp3) is 0.250. The monoisotopic (exact) mass is 174 g/mol. The molecule has 0 N–H and O–H groups in total. The van der Waals surface area contributed by atoms with Gasteiger partial charge in [-0.2, -0.15) is 0 Å². The molecule has 13 heavy (non-hydrogen) atoms. The summed E-state index contributed by atoms with van der Waals surface area (Å²) in [6.07, 6.45) is 2.48. The predicted molar refractivity (Wildman–Crippen MR) is 54.5 cm³/mol. The molecule has 0 fully saturated rings. The Morgan fingerprint density at radius 2 is 2.08 bits per heavy atom. The molecule has 0 heterocycles. The maximum absolute atomic E-state index is 11.1. The number of ketones is 1. The van der Waals surface area contributed by atoms with Gasteiger partial charge in [0.2, 0.25) is 0 Å². The first-order valence-electron chi connectivity index (χ1n) is 4.41. The third-order valence-electron chi connectivity index (χ3n) is 2.11. The van der Waals surface area contributed by atoms with Crippen LogP contribution in [-0.2, 0) is 11.2 Å². The van der Waals surface area contributed by atoms with Gasteiger partial charge in [-0.1, -0.05) is 36.4 Å². The Kier molecular flexibility index (Phi) is 3.44. The summed E-state index contributed by atoms with van der Waals surface area (Å²) in [4.78, 5) is 11.1. The first kappa shape index (κ1) is 9.72. The molecule has 0 aliphatic heterocycles. The Morgan fingerprint density at radius 1 is 1.46 bits per heavy atom. The van der Waals surface area contributed by atoms with Gasteiger partial charge < -0.3 is 0 Å². The zero-order chi connectivity index (χ0) is 9.68. The molecule has 0 aromatic heterocycles. The number of hydrogen-bond donors (Lipinski definition) is 0. The van der Waals surface area contributed by atoms with E-state index in [4.69, 9.17) is 0 Å². The van der Waals surface area contributed by atoms with Gasteiger partial charge in [-0.25, -0.2) is 0 Å². The van der Waals surface area contributed by atoms with Crippen LogP contribution in [0, 0.1) is 5.92 Å². The fourth-order valence-electron chi connectivity index (χ4n) is 1.26. The van der Waals surface area contributed by atoms with Crippen molar-refractivity contribution in [1.29, 1.82) is 0 Å². The van der Waals surface area contributed by atoms with Gasteiger partial charge in [-0.05, 0) is 18.9 Å². The van der Waals surface area contributed by atoms with E-state index >= 15 is 0 Å². The number of Topliss-reactive ketones (excluding diaryl/α,β-unsaturated/α-hetero) is 1. The first-order chi connectivity index (χ1) is 6.24. The van der Waals surface area contributed by atoms with Gasteiger partial charge in [0.15, 0.2) is 0 Å². The normalized spacial score (nSPS) is 12.1. The van der Waals surface area contributed by atoms with E-state index < -0.39 is 0 Å². The molecule has 0 aliphatic rings. The summed E-state index contributed by atoms with van der Waals surface area (Å²) in [6, 6.07) is 9.99. The van der Waals surface area contributed by atoms with Gasteiger partial charge in [0.05, 0.1) is 0 Å². The molecule has 1 nitrogen and oxygen atoms in total. The smallest absolute Gasteiger partial charge is 0.136 e. The summed E-state index contributed by atoms with van der Waals surface area (Å²) in [6.45, 7) is 5.26. The molecule has 0 spiro atoms. The Labute approximate surface area is 79.1 Å². The lowest BCUT2D eigenvalue weighted by atomic mass is 9.96. The van der Waals surface area contributed by atoms with Crippen LogP contribution >= 0.6 is 0 Å². The van der Waals surface area contributed by atoms with Crippen molar-refractivity contribution < 1.29 is 4.79 Å². The van der Waals surface area contributed by atoms with Crippen molar-refractivity contribution in [2.75, 3.05) is 0 Å². The van der Waals surface area contributed by atoms with Gasteiger partial charge >= 0.3 is 0 Å². The van der Waals surface area contributed by atoms with Crippen molar-refractivity contribution in [3.05, 3.63) is 48.6 Å². The molecule has 0 unspecified atom stereocenters. The van der Waals surface area contributed by atoms with E-state index in [1.807, 2.05) is 30.3 Å². The molecule has 1 rings (SSSR count). The van der Waals surface area contributed by atoms with Crippen LogP contribution in [0.4, 0.5) is 0 Å². The molecular weight excluding hydrogens is 160 g/mol. The van der Waals surface area contributed by atoms with E-state index in [1.54, 1.807) is 13.0 Å². The molecule has 68 valence electrons. The second-order valence-corrected chi connectivity index (χ2v) is 3.14. The van der Waals surface area contributed by atoms with Crippen molar-refractivity contribution in [2.24, 2.45) is 5.92 Å². The van der Waals surface area contributed by atoms with Gasteiger partial charge in [-0.3, -0.25) is 4.79 Å². The van der Waals surface area contributed by atoms with E-state index in [0.29, 0.717) is 0 Å². The second-order valence-electron chi connectivity index (χ2n) is 3.14. The molecule has 1 atom stereocenters. The van der Waals surface area contributed by atoms with E-state index in [0.717, 1.165) is 6.42 Å². The lowest BCUT2D eigenvalue weighted by molar-refractivity contribution is -0.119. The van der Waals surface area contributed by atoms with Gasteiger partial charge in [0.25, 0.3) is 0 Å². The van der Waals surface area contributed by atoms with Crippen LogP contribution in [0.5, 0.6) is 0 Å². The maximum Gasteiger partial charge on any atom is 0.136 e. The molecule has 0 aliphatic carbocycles. The summed E-state index contributed by atoms with van der Waals surface area (Å²) in [5, 5.41) is 0. The number of allylic oxidation sites excluding steroid dienone is 1. The maximum atomic E-state index is 11.1. The Bertz CT molecular complexity index is 287. The lowest BCUT2D eigenvalue weighted by Gasteiger charge is -2.07. The van der Waals surface area contributed by atoms with Crippen LogP contribution < -0.4 is 0 Å². The Morgan fingerprint density at radius 3 is 2.54 bits per heavy atom. The van der Waals surface area contributed by atoms with Crippen molar-refractivity contribution in [2.45, 2.75) is 13.3 Å². The van der Waals surface area contributed by atoms with Crippen LogP contribution in [0.2, 0.25) is 0 Å². The number of hydrogen-bond acceptors (Lipinski definition) is 1. The summed E-state index contributed by atoms with van der Waals surface area (Å²) in [5.41, 5.74) is 1.18. The predicted octanol–water partition coefficient (Wildman–Crippen LogP) is 2.62.